The maximum Gasteiger partial charge on any atom is 0.321 e. The Labute approximate surface area is 101 Å². The Bertz CT molecular complexity index is 467. The van der Waals surface area contributed by atoms with Crippen LogP contribution >= 0.6 is 0 Å². The lowest BCUT2D eigenvalue weighted by atomic mass is 10.2. The number of aliphatic carboxylic acids is 1. The van der Waals surface area contributed by atoms with Crippen molar-refractivity contribution in [2.75, 3.05) is 26.1 Å². The molecule has 1 unspecified atom stereocenters. The van der Waals surface area contributed by atoms with Crippen LogP contribution in [0.1, 0.15) is 6.42 Å². The van der Waals surface area contributed by atoms with Gasteiger partial charge in [-0.1, -0.05) is 0 Å². The van der Waals surface area contributed by atoms with E-state index in [0.29, 0.717) is 0 Å². The van der Waals surface area contributed by atoms with Crippen molar-refractivity contribution in [2.45, 2.75) is 12.5 Å². The van der Waals surface area contributed by atoms with Crippen LogP contribution in [-0.2, 0) is 24.8 Å². The van der Waals surface area contributed by atoms with Crippen molar-refractivity contribution in [1.29, 1.82) is 0 Å². The predicted octanol–water partition coefficient (Wildman–Crippen LogP) is -1.73. The Morgan fingerprint density at radius 3 is 2.06 bits per heavy atom. The molecule has 0 aliphatic carbocycles. The molecule has 0 aromatic rings. The van der Waals surface area contributed by atoms with E-state index in [1.54, 1.807) is 0 Å². The molecule has 17 heavy (non-hydrogen) atoms. The van der Waals surface area contributed by atoms with E-state index in [2.05, 4.69) is 0 Å². The Balaban J connectivity index is 4.74. The number of rotatable bonds is 7. The molecule has 0 aromatic heterocycles. The van der Waals surface area contributed by atoms with Gasteiger partial charge in [0.1, 0.15) is 15.9 Å². The van der Waals surface area contributed by atoms with Crippen molar-refractivity contribution >= 4 is 26.0 Å². The highest BCUT2D eigenvalue weighted by atomic mass is 32.2. The average molecular weight is 288 g/mol. The highest BCUT2D eigenvalue weighted by Gasteiger charge is 2.26. The monoisotopic (exact) mass is 288 g/mol. The van der Waals surface area contributed by atoms with Crippen LogP contribution in [0.4, 0.5) is 0 Å². The first-order chi connectivity index (χ1) is 7.46. The number of hydrogen-bond acceptors (Lipinski definition) is 5. The second-order valence-corrected chi connectivity index (χ2v) is 7.89. The smallest absolute Gasteiger partial charge is 0.321 e. The minimum atomic E-state index is -3.90. The van der Waals surface area contributed by atoms with Gasteiger partial charge in [0, 0.05) is 20.4 Å². The van der Waals surface area contributed by atoms with Crippen LogP contribution in [0.25, 0.3) is 0 Å². The molecule has 0 bridgehead atoms. The van der Waals surface area contributed by atoms with E-state index in [1.165, 1.54) is 14.1 Å². The molecule has 102 valence electrons. The van der Waals surface area contributed by atoms with Crippen molar-refractivity contribution in [3.05, 3.63) is 0 Å². The third kappa shape index (κ3) is 6.56. The number of hydrogen-bond donors (Lipinski definition) is 2. The molecule has 0 aromatic carbocycles. The molecule has 1 atom stereocenters. The van der Waals surface area contributed by atoms with Gasteiger partial charge in [0.15, 0.2) is 0 Å². The highest BCUT2D eigenvalue weighted by Crippen LogP contribution is 2.00. The third-order valence-corrected chi connectivity index (χ3v) is 4.37. The molecule has 0 saturated heterocycles. The molecular weight excluding hydrogens is 272 g/mol. The second kappa shape index (κ2) is 5.76. The maximum atomic E-state index is 11.4. The topological polar surface area (TPSA) is 121 Å². The summed E-state index contributed by atoms with van der Waals surface area (Å²) in [7, 11) is -4.77. The molecule has 0 aliphatic heterocycles. The summed E-state index contributed by atoms with van der Waals surface area (Å²) >= 11 is 0. The zero-order valence-electron chi connectivity index (χ0n) is 9.74. The predicted molar refractivity (Wildman–Crippen MR) is 61.5 cm³/mol. The molecule has 0 spiro atoms. The fraction of sp³-hybridized carbons (Fsp3) is 0.857. The van der Waals surface area contributed by atoms with Gasteiger partial charge < -0.3 is 5.11 Å². The average Bonchev–Trinajstić information content (AvgIpc) is 2.09. The summed E-state index contributed by atoms with van der Waals surface area (Å²) in [6.45, 7) is 0. The van der Waals surface area contributed by atoms with E-state index >= 15 is 0 Å². The molecule has 0 fully saturated rings. The van der Waals surface area contributed by atoms with Gasteiger partial charge >= 0.3 is 5.97 Å². The summed E-state index contributed by atoms with van der Waals surface area (Å²) in [5.74, 6) is -1.82. The van der Waals surface area contributed by atoms with E-state index in [9.17, 15) is 21.6 Å². The zero-order chi connectivity index (χ0) is 13.9. The minimum Gasteiger partial charge on any atom is -0.480 e. The van der Waals surface area contributed by atoms with Crippen LogP contribution in [0.15, 0.2) is 0 Å². The summed E-state index contributed by atoms with van der Waals surface area (Å²) in [5, 5.41) is 8.77. The van der Waals surface area contributed by atoms with E-state index in [4.69, 9.17) is 5.11 Å². The standard InChI is InChI=1S/C7H16N2O6S2/c1-9(2)17(14,15)8-6(7(10)11)4-5-16(3,12)13/h6,8H,4-5H2,1-3H3,(H,10,11). The van der Waals surface area contributed by atoms with Gasteiger partial charge in [0.05, 0.1) is 5.75 Å². The van der Waals surface area contributed by atoms with E-state index in [0.717, 1.165) is 10.6 Å². The fourth-order valence-corrected chi connectivity index (χ4v) is 2.30. The van der Waals surface area contributed by atoms with E-state index in [-0.39, 0.29) is 6.42 Å². The Morgan fingerprint density at radius 1 is 1.29 bits per heavy atom. The van der Waals surface area contributed by atoms with Crippen LogP contribution in [0.5, 0.6) is 0 Å². The molecule has 0 rings (SSSR count). The first-order valence-corrected chi connectivity index (χ1v) is 8.06. The summed E-state index contributed by atoms with van der Waals surface area (Å²) in [6.07, 6.45) is 0.633. The highest BCUT2D eigenvalue weighted by molar-refractivity contribution is 7.90. The van der Waals surface area contributed by atoms with Crippen LogP contribution < -0.4 is 4.72 Å². The van der Waals surface area contributed by atoms with Crippen molar-refractivity contribution in [1.82, 2.24) is 9.03 Å². The van der Waals surface area contributed by atoms with Crippen molar-refractivity contribution < 1.29 is 26.7 Å². The molecule has 2 N–H and O–H groups in total. The normalized spacial score (nSPS) is 14.8. The van der Waals surface area contributed by atoms with Gasteiger partial charge in [-0.15, -0.1) is 0 Å². The number of nitrogens with zero attached hydrogens (tertiary/aromatic N) is 1. The number of carbonyl (C=O) groups is 1. The van der Waals surface area contributed by atoms with E-state index < -0.39 is 37.8 Å². The molecule has 0 amide bonds. The zero-order valence-corrected chi connectivity index (χ0v) is 11.4. The third-order valence-electron chi connectivity index (χ3n) is 1.85. The second-order valence-electron chi connectivity index (χ2n) is 3.71. The molecular formula is C7H16N2O6S2. The Kier molecular flexibility index (Phi) is 5.52. The maximum absolute atomic E-state index is 11.4. The minimum absolute atomic E-state index is 0.318. The molecule has 8 nitrogen and oxygen atoms in total. The van der Waals surface area contributed by atoms with Gasteiger partial charge in [-0.05, 0) is 6.42 Å². The van der Waals surface area contributed by atoms with Crippen molar-refractivity contribution in [2.24, 2.45) is 0 Å². The lowest BCUT2D eigenvalue weighted by Gasteiger charge is -2.17. The Morgan fingerprint density at radius 2 is 1.76 bits per heavy atom. The van der Waals surface area contributed by atoms with Crippen molar-refractivity contribution in [3.63, 3.8) is 0 Å². The lowest BCUT2D eigenvalue weighted by molar-refractivity contribution is -0.139. The molecule has 0 heterocycles. The lowest BCUT2D eigenvalue weighted by Crippen LogP contribution is -2.46. The van der Waals surface area contributed by atoms with Gasteiger partial charge in [-0.2, -0.15) is 17.4 Å². The quantitative estimate of drug-likeness (QED) is 0.574. The summed E-state index contributed by atoms with van der Waals surface area (Å²) in [6, 6.07) is -1.46. The van der Waals surface area contributed by atoms with Gasteiger partial charge in [0.2, 0.25) is 0 Å². The van der Waals surface area contributed by atoms with Crippen LogP contribution in [-0.4, -0.2) is 64.4 Å². The van der Waals surface area contributed by atoms with Crippen LogP contribution in [0, 0.1) is 0 Å². The summed E-state index contributed by atoms with van der Waals surface area (Å²) < 4.78 is 47.2. The Hall–Kier alpha value is -0.710. The molecule has 0 radical (unpaired) electrons. The van der Waals surface area contributed by atoms with Crippen molar-refractivity contribution in [3.8, 4) is 0 Å². The van der Waals surface area contributed by atoms with Crippen LogP contribution in [0.3, 0.4) is 0 Å². The van der Waals surface area contributed by atoms with Gasteiger partial charge in [-0.3, -0.25) is 4.79 Å². The number of carboxylic acid groups (broad SMARTS) is 1. The summed E-state index contributed by atoms with van der Waals surface area (Å²) in [4.78, 5) is 10.8. The molecule has 0 saturated carbocycles. The molecule has 0 aliphatic rings. The molecule has 10 heteroatoms. The van der Waals surface area contributed by atoms with Gasteiger partial charge in [-0.25, -0.2) is 8.42 Å². The first-order valence-electron chi connectivity index (χ1n) is 4.56. The van der Waals surface area contributed by atoms with E-state index in [1.807, 2.05) is 4.72 Å². The summed E-state index contributed by atoms with van der Waals surface area (Å²) in [5.41, 5.74) is 0. The fourth-order valence-electron chi connectivity index (χ4n) is 0.850. The number of nitrogens with one attached hydrogen (secondary N) is 1. The first kappa shape index (κ1) is 16.3. The van der Waals surface area contributed by atoms with Gasteiger partial charge in [0.25, 0.3) is 10.2 Å². The van der Waals surface area contributed by atoms with Crippen LogP contribution in [0.2, 0.25) is 0 Å². The largest absolute Gasteiger partial charge is 0.480 e. The SMILES string of the molecule is CN(C)S(=O)(=O)NC(CCS(C)(=O)=O)C(=O)O. The number of sulfone groups is 1. The number of carboxylic acids is 1.